The number of rotatable bonds is 3. The van der Waals surface area contributed by atoms with Gasteiger partial charge in [0, 0.05) is 36.5 Å². The predicted molar refractivity (Wildman–Crippen MR) is 75.1 cm³/mol. The van der Waals surface area contributed by atoms with Gasteiger partial charge in [0.1, 0.15) is 11.9 Å². The lowest BCUT2D eigenvalue weighted by atomic mass is 9.91. The normalized spacial score (nSPS) is 29.8. The van der Waals surface area contributed by atoms with Crippen molar-refractivity contribution in [3.63, 3.8) is 0 Å². The molecule has 2 atom stereocenters. The van der Waals surface area contributed by atoms with Crippen molar-refractivity contribution in [2.45, 2.75) is 37.6 Å². The summed E-state index contributed by atoms with van der Waals surface area (Å²) in [6, 6.07) is 5.45. The highest BCUT2D eigenvalue weighted by Gasteiger charge is 2.41. The second-order valence-corrected chi connectivity index (χ2v) is 5.85. The van der Waals surface area contributed by atoms with Crippen molar-refractivity contribution in [1.29, 1.82) is 0 Å². The highest BCUT2D eigenvalue weighted by molar-refractivity contribution is 6.31. The van der Waals surface area contributed by atoms with E-state index in [-0.39, 0.29) is 18.3 Å². The largest absolute Gasteiger partial charge is 0.490 e. The van der Waals surface area contributed by atoms with Crippen LogP contribution in [0.4, 0.5) is 0 Å². The Balaban J connectivity index is 1.73. The fraction of sp³-hybridized carbons (Fsp3) is 0.600. The Morgan fingerprint density at radius 2 is 2.30 bits per heavy atom. The van der Waals surface area contributed by atoms with Crippen LogP contribution in [-0.4, -0.2) is 36.6 Å². The van der Waals surface area contributed by atoms with E-state index in [9.17, 15) is 5.11 Å². The van der Waals surface area contributed by atoms with Crippen LogP contribution in [-0.2, 0) is 16.1 Å². The van der Waals surface area contributed by atoms with E-state index in [0.29, 0.717) is 29.5 Å². The first-order valence-corrected chi connectivity index (χ1v) is 7.37. The second kappa shape index (κ2) is 5.90. The topological polar surface area (TPSA) is 47.9 Å². The summed E-state index contributed by atoms with van der Waals surface area (Å²) in [5.74, 6) is 0.668. The first kappa shape index (κ1) is 14.1. The molecule has 1 spiro atoms. The lowest BCUT2D eigenvalue weighted by molar-refractivity contribution is -0.112. The van der Waals surface area contributed by atoms with Gasteiger partial charge in [0.25, 0.3) is 0 Å². The molecule has 20 heavy (non-hydrogen) atoms. The lowest BCUT2D eigenvalue weighted by Gasteiger charge is -2.37. The van der Waals surface area contributed by atoms with E-state index in [4.69, 9.17) is 25.8 Å². The summed E-state index contributed by atoms with van der Waals surface area (Å²) in [6.45, 7) is 1.97. The van der Waals surface area contributed by atoms with Gasteiger partial charge in [-0.3, -0.25) is 0 Å². The number of hydrogen-bond acceptors (Lipinski definition) is 4. The zero-order chi connectivity index (χ0) is 14.0. The Kier molecular flexibility index (Phi) is 4.17. The molecule has 110 valence electrons. The van der Waals surface area contributed by atoms with Gasteiger partial charge in [-0.1, -0.05) is 17.7 Å². The van der Waals surface area contributed by atoms with Gasteiger partial charge in [-0.2, -0.15) is 0 Å². The third-order valence-electron chi connectivity index (χ3n) is 4.04. The average Bonchev–Trinajstić information content (AvgIpc) is 2.87. The quantitative estimate of drug-likeness (QED) is 0.931. The Morgan fingerprint density at radius 3 is 3.05 bits per heavy atom. The van der Waals surface area contributed by atoms with Crippen LogP contribution < -0.4 is 4.74 Å². The zero-order valence-electron chi connectivity index (χ0n) is 11.3. The monoisotopic (exact) mass is 298 g/mol. The van der Waals surface area contributed by atoms with E-state index in [0.717, 1.165) is 25.9 Å². The minimum absolute atomic E-state index is 0.0780. The van der Waals surface area contributed by atoms with Crippen LogP contribution in [0.15, 0.2) is 18.2 Å². The van der Waals surface area contributed by atoms with Crippen molar-refractivity contribution >= 4 is 11.6 Å². The van der Waals surface area contributed by atoms with Crippen LogP contribution in [0.2, 0.25) is 5.02 Å². The van der Waals surface area contributed by atoms with Crippen molar-refractivity contribution < 1.29 is 19.3 Å². The van der Waals surface area contributed by atoms with E-state index >= 15 is 0 Å². The maximum Gasteiger partial charge on any atom is 0.126 e. The predicted octanol–water partition coefficient (Wildman–Crippen LogP) is 2.55. The van der Waals surface area contributed by atoms with Gasteiger partial charge in [-0.25, -0.2) is 0 Å². The van der Waals surface area contributed by atoms with Gasteiger partial charge in [-0.05, 0) is 12.1 Å². The second-order valence-electron chi connectivity index (χ2n) is 5.44. The summed E-state index contributed by atoms with van der Waals surface area (Å²) in [5, 5.41) is 9.96. The summed E-state index contributed by atoms with van der Waals surface area (Å²) in [5.41, 5.74) is 0.471. The van der Waals surface area contributed by atoms with Crippen LogP contribution in [0.25, 0.3) is 0 Å². The summed E-state index contributed by atoms with van der Waals surface area (Å²) < 4.78 is 17.4. The number of aliphatic hydroxyl groups is 1. The molecule has 0 aromatic heterocycles. The Morgan fingerprint density at radius 1 is 1.40 bits per heavy atom. The fourth-order valence-electron chi connectivity index (χ4n) is 2.93. The minimum Gasteiger partial charge on any atom is -0.490 e. The van der Waals surface area contributed by atoms with Crippen molar-refractivity contribution in [2.24, 2.45) is 0 Å². The third-order valence-corrected chi connectivity index (χ3v) is 4.40. The molecule has 2 fully saturated rings. The summed E-state index contributed by atoms with van der Waals surface area (Å²) in [6.07, 6.45) is 2.67. The molecular weight excluding hydrogens is 280 g/mol. The summed E-state index contributed by atoms with van der Waals surface area (Å²) >= 11 is 6.08. The minimum atomic E-state index is -0.180. The molecule has 0 bridgehead atoms. The van der Waals surface area contributed by atoms with E-state index in [2.05, 4.69) is 0 Å². The van der Waals surface area contributed by atoms with Crippen LogP contribution in [0.3, 0.4) is 0 Å². The molecule has 4 nitrogen and oxygen atoms in total. The standard InChI is InChI=1S/C15H19ClO4/c16-13-2-1-3-14(12(13)9-17)20-11-4-6-19-15(8-11)5-7-18-10-15/h1-3,11,17H,4-10H2. The van der Waals surface area contributed by atoms with Crippen molar-refractivity contribution in [1.82, 2.24) is 0 Å². The molecule has 3 rings (SSSR count). The van der Waals surface area contributed by atoms with Crippen molar-refractivity contribution in [3.8, 4) is 5.75 Å². The Labute approximate surface area is 123 Å². The number of aliphatic hydroxyl groups excluding tert-OH is 1. The van der Waals surface area contributed by atoms with Gasteiger partial charge in [0.2, 0.25) is 0 Å². The van der Waals surface area contributed by atoms with Gasteiger partial charge < -0.3 is 19.3 Å². The van der Waals surface area contributed by atoms with E-state index in [1.165, 1.54) is 0 Å². The Hall–Kier alpha value is -0.810. The molecule has 1 N–H and O–H groups in total. The fourth-order valence-corrected chi connectivity index (χ4v) is 3.15. The Bertz CT molecular complexity index is 471. The molecule has 2 heterocycles. The maximum atomic E-state index is 9.42. The third kappa shape index (κ3) is 2.79. The van der Waals surface area contributed by atoms with Gasteiger partial charge in [-0.15, -0.1) is 0 Å². The molecule has 0 aliphatic carbocycles. The first-order chi connectivity index (χ1) is 9.72. The highest BCUT2D eigenvalue weighted by atomic mass is 35.5. The smallest absolute Gasteiger partial charge is 0.126 e. The van der Waals surface area contributed by atoms with Crippen molar-refractivity contribution in [3.05, 3.63) is 28.8 Å². The summed E-state index contributed by atoms with van der Waals surface area (Å²) in [7, 11) is 0. The lowest BCUT2D eigenvalue weighted by Crippen LogP contribution is -2.44. The molecule has 2 saturated heterocycles. The molecule has 1 aromatic carbocycles. The number of halogens is 1. The maximum absolute atomic E-state index is 9.42. The van der Waals surface area contributed by atoms with Crippen LogP contribution >= 0.6 is 11.6 Å². The molecule has 2 aliphatic heterocycles. The van der Waals surface area contributed by atoms with Gasteiger partial charge >= 0.3 is 0 Å². The van der Waals surface area contributed by atoms with E-state index in [1.54, 1.807) is 6.07 Å². The molecule has 1 aromatic rings. The van der Waals surface area contributed by atoms with E-state index in [1.807, 2.05) is 12.1 Å². The number of ether oxygens (including phenoxy) is 3. The van der Waals surface area contributed by atoms with Gasteiger partial charge in [0.15, 0.2) is 0 Å². The number of benzene rings is 1. The van der Waals surface area contributed by atoms with E-state index < -0.39 is 0 Å². The first-order valence-electron chi connectivity index (χ1n) is 6.99. The molecule has 5 heteroatoms. The van der Waals surface area contributed by atoms with Gasteiger partial charge in [0.05, 0.1) is 25.4 Å². The van der Waals surface area contributed by atoms with Crippen molar-refractivity contribution in [2.75, 3.05) is 19.8 Å². The van der Waals surface area contributed by atoms with Crippen LogP contribution in [0, 0.1) is 0 Å². The van der Waals surface area contributed by atoms with Crippen LogP contribution in [0.5, 0.6) is 5.75 Å². The molecule has 2 aliphatic rings. The number of hydrogen-bond donors (Lipinski definition) is 1. The molecule has 0 amide bonds. The molecule has 0 saturated carbocycles. The van der Waals surface area contributed by atoms with Crippen LogP contribution in [0.1, 0.15) is 24.8 Å². The molecule has 2 unspecified atom stereocenters. The summed E-state index contributed by atoms with van der Waals surface area (Å²) in [4.78, 5) is 0. The highest BCUT2D eigenvalue weighted by Crippen LogP contribution is 2.36. The zero-order valence-corrected chi connectivity index (χ0v) is 12.1. The molecular formula is C15H19ClO4. The molecule has 0 radical (unpaired) electrons. The average molecular weight is 299 g/mol. The SMILES string of the molecule is OCc1c(Cl)cccc1OC1CCOC2(CCOC2)C1.